The maximum atomic E-state index is 5.46. The summed E-state index contributed by atoms with van der Waals surface area (Å²) in [5.74, 6) is 0. The zero-order chi connectivity index (χ0) is 16.9. The highest BCUT2D eigenvalue weighted by Crippen LogP contribution is 2.29. The molecule has 25 heavy (non-hydrogen) atoms. The number of benzene rings is 1. The van der Waals surface area contributed by atoms with E-state index in [0.29, 0.717) is 0 Å². The van der Waals surface area contributed by atoms with Crippen molar-refractivity contribution in [2.45, 2.75) is 44.3 Å². The summed E-state index contributed by atoms with van der Waals surface area (Å²) in [6.45, 7) is 10.2. The molecule has 0 aliphatic carbocycles. The number of fused-ring (bicyclic) bond motifs is 2. The second-order valence-electron chi connectivity index (χ2n) is 7.96. The number of morpholine rings is 1. The van der Waals surface area contributed by atoms with Crippen LogP contribution in [0.1, 0.15) is 31.2 Å². The molecule has 4 heteroatoms. The van der Waals surface area contributed by atoms with Crippen molar-refractivity contribution in [3.8, 4) is 0 Å². The number of nitrogens with zero attached hydrogens (tertiary/aromatic N) is 3. The molecule has 0 spiro atoms. The van der Waals surface area contributed by atoms with Crippen LogP contribution in [0.5, 0.6) is 0 Å². The van der Waals surface area contributed by atoms with Gasteiger partial charge in [0.25, 0.3) is 0 Å². The molecule has 4 rings (SSSR count). The van der Waals surface area contributed by atoms with E-state index < -0.39 is 0 Å². The zero-order valence-electron chi connectivity index (χ0n) is 15.5. The molecule has 0 aromatic heterocycles. The van der Waals surface area contributed by atoms with Crippen molar-refractivity contribution in [1.82, 2.24) is 14.7 Å². The highest BCUT2D eigenvalue weighted by Gasteiger charge is 2.36. The second kappa shape index (κ2) is 8.63. The lowest BCUT2D eigenvalue weighted by molar-refractivity contribution is -0.0166. The van der Waals surface area contributed by atoms with Crippen LogP contribution in [0.3, 0.4) is 0 Å². The van der Waals surface area contributed by atoms with Crippen LogP contribution in [0.2, 0.25) is 0 Å². The molecule has 138 valence electrons. The molecular formula is C21H33N3O. The van der Waals surface area contributed by atoms with E-state index in [1.54, 1.807) is 0 Å². The highest BCUT2D eigenvalue weighted by molar-refractivity contribution is 5.14. The number of rotatable bonds is 6. The summed E-state index contributed by atoms with van der Waals surface area (Å²) in [7, 11) is 0. The summed E-state index contributed by atoms with van der Waals surface area (Å²) >= 11 is 0. The third-order valence-corrected chi connectivity index (χ3v) is 6.19. The molecule has 1 aromatic rings. The first-order chi connectivity index (χ1) is 12.4. The number of hydrogen-bond acceptors (Lipinski definition) is 4. The van der Waals surface area contributed by atoms with Gasteiger partial charge in [-0.15, -0.1) is 0 Å². The third kappa shape index (κ3) is 4.62. The number of piperidine rings is 1. The summed E-state index contributed by atoms with van der Waals surface area (Å²) in [6.07, 6.45) is 5.51. The van der Waals surface area contributed by atoms with E-state index in [2.05, 4.69) is 45.0 Å². The second-order valence-corrected chi connectivity index (χ2v) is 7.96. The van der Waals surface area contributed by atoms with Gasteiger partial charge in [-0.1, -0.05) is 36.8 Å². The van der Waals surface area contributed by atoms with Crippen molar-refractivity contribution in [1.29, 1.82) is 0 Å². The highest BCUT2D eigenvalue weighted by atomic mass is 16.5. The van der Waals surface area contributed by atoms with Crippen LogP contribution < -0.4 is 0 Å². The van der Waals surface area contributed by atoms with Gasteiger partial charge in [-0.05, 0) is 31.4 Å². The van der Waals surface area contributed by atoms with Crippen molar-refractivity contribution in [2.75, 3.05) is 52.5 Å². The lowest BCUT2D eigenvalue weighted by atomic mass is 9.90. The van der Waals surface area contributed by atoms with Gasteiger partial charge in [-0.25, -0.2) is 0 Å². The largest absolute Gasteiger partial charge is 0.379 e. The number of ether oxygens (including phenoxy) is 1. The molecule has 3 aliphatic rings. The summed E-state index contributed by atoms with van der Waals surface area (Å²) in [6, 6.07) is 12.5. The van der Waals surface area contributed by atoms with Crippen molar-refractivity contribution in [3.63, 3.8) is 0 Å². The van der Waals surface area contributed by atoms with Crippen molar-refractivity contribution in [3.05, 3.63) is 35.9 Å². The molecule has 2 unspecified atom stereocenters. The van der Waals surface area contributed by atoms with Crippen LogP contribution in [0, 0.1) is 0 Å². The summed E-state index contributed by atoms with van der Waals surface area (Å²) < 4.78 is 5.46. The maximum absolute atomic E-state index is 5.46. The van der Waals surface area contributed by atoms with Crippen LogP contribution in [-0.2, 0) is 11.3 Å². The average Bonchev–Trinajstić information content (AvgIpc) is 2.64. The van der Waals surface area contributed by atoms with E-state index in [1.165, 1.54) is 57.4 Å². The van der Waals surface area contributed by atoms with Crippen molar-refractivity contribution < 1.29 is 4.74 Å². The third-order valence-electron chi connectivity index (χ3n) is 6.19. The van der Waals surface area contributed by atoms with E-state index in [9.17, 15) is 0 Å². The Morgan fingerprint density at radius 2 is 1.60 bits per heavy atom. The van der Waals surface area contributed by atoms with Crippen molar-refractivity contribution >= 4 is 0 Å². The molecule has 4 nitrogen and oxygen atoms in total. The van der Waals surface area contributed by atoms with Gasteiger partial charge in [0.2, 0.25) is 0 Å². The standard InChI is InChI=1S/C21H33N3O/c1-2-6-19(7-3-1)16-23-17-20-8-4-9-21(18-23)24(20)11-5-10-22-12-14-25-15-13-22/h1-3,6-7,20-21H,4-5,8-18H2. The SMILES string of the molecule is c1ccc(CN2CC3CCCC(C2)N3CCCN2CCOCC2)cc1. The maximum Gasteiger partial charge on any atom is 0.0594 e. The quantitative estimate of drug-likeness (QED) is 0.790. The molecule has 0 N–H and O–H groups in total. The molecule has 0 radical (unpaired) electrons. The first kappa shape index (κ1) is 17.5. The monoisotopic (exact) mass is 343 g/mol. The van der Waals surface area contributed by atoms with E-state index in [-0.39, 0.29) is 0 Å². The Labute approximate surface area is 152 Å². The molecule has 1 aromatic carbocycles. The van der Waals surface area contributed by atoms with Gasteiger partial charge < -0.3 is 4.74 Å². The Balaban J connectivity index is 1.27. The topological polar surface area (TPSA) is 19.0 Å². The van der Waals surface area contributed by atoms with Crippen molar-refractivity contribution in [2.24, 2.45) is 0 Å². The average molecular weight is 344 g/mol. The Morgan fingerprint density at radius 1 is 0.880 bits per heavy atom. The predicted molar refractivity (Wildman–Crippen MR) is 102 cm³/mol. The molecule has 3 heterocycles. The molecule has 0 amide bonds. The van der Waals surface area contributed by atoms with Crippen LogP contribution in [0.4, 0.5) is 0 Å². The first-order valence-electron chi connectivity index (χ1n) is 10.2. The number of piperazine rings is 1. The molecule has 3 aliphatic heterocycles. The van der Waals surface area contributed by atoms with E-state index in [1.807, 2.05) is 0 Å². The number of likely N-dealkylation sites (tertiary alicyclic amines) is 1. The summed E-state index contributed by atoms with van der Waals surface area (Å²) in [4.78, 5) is 8.12. The van der Waals surface area contributed by atoms with Crippen LogP contribution in [0.15, 0.2) is 30.3 Å². The zero-order valence-corrected chi connectivity index (χ0v) is 15.5. The Kier molecular flexibility index (Phi) is 6.03. The molecule has 3 fully saturated rings. The van der Waals surface area contributed by atoms with Gasteiger partial charge in [0.1, 0.15) is 0 Å². The van der Waals surface area contributed by atoms with Gasteiger partial charge in [0.05, 0.1) is 13.2 Å². The van der Waals surface area contributed by atoms with Crippen LogP contribution in [-0.4, -0.2) is 79.3 Å². The minimum absolute atomic E-state index is 0.779. The van der Waals surface area contributed by atoms with Crippen LogP contribution in [0.25, 0.3) is 0 Å². The lowest BCUT2D eigenvalue weighted by Gasteiger charge is -2.50. The fourth-order valence-corrected chi connectivity index (χ4v) is 4.92. The fraction of sp³-hybridized carbons (Fsp3) is 0.714. The van der Waals surface area contributed by atoms with Crippen LogP contribution >= 0.6 is 0 Å². The molecule has 3 saturated heterocycles. The molecule has 2 atom stereocenters. The van der Waals surface area contributed by atoms with E-state index in [4.69, 9.17) is 4.74 Å². The lowest BCUT2D eigenvalue weighted by Crippen LogP contribution is -2.60. The van der Waals surface area contributed by atoms with Gasteiger partial charge in [0, 0.05) is 51.4 Å². The minimum atomic E-state index is 0.779. The first-order valence-corrected chi connectivity index (χ1v) is 10.2. The smallest absolute Gasteiger partial charge is 0.0594 e. The minimum Gasteiger partial charge on any atom is -0.379 e. The number of hydrogen-bond donors (Lipinski definition) is 0. The Morgan fingerprint density at radius 3 is 2.32 bits per heavy atom. The normalized spacial score (nSPS) is 29.0. The van der Waals surface area contributed by atoms with Gasteiger partial charge in [-0.3, -0.25) is 14.7 Å². The van der Waals surface area contributed by atoms with Gasteiger partial charge in [0.15, 0.2) is 0 Å². The van der Waals surface area contributed by atoms with E-state index >= 15 is 0 Å². The predicted octanol–water partition coefficient (Wildman–Crippen LogP) is 2.45. The van der Waals surface area contributed by atoms with E-state index in [0.717, 1.165) is 44.9 Å². The summed E-state index contributed by atoms with van der Waals surface area (Å²) in [5, 5.41) is 0. The fourth-order valence-electron chi connectivity index (χ4n) is 4.92. The van der Waals surface area contributed by atoms with Gasteiger partial charge >= 0.3 is 0 Å². The van der Waals surface area contributed by atoms with Gasteiger partial charge in [-0.2, -0.15) is 0 Å². The molecule has 2 bridgehead atoms. The molecule has 0 saturated carbocycles. The Hall–Kier alpha value is -0.940. The Bertz CT molecular complexity index is 503. The molecular weight excluding hydrogens is 310 g/mol. The summed E-state index contributed by atoms with van der Waals surface area (Å²) in [5.41, 5.74) is 1.46.